The molecular weight excluding hydrogens is 209 g/mol. The minimum absolute atomic E-state index is 0.0212. The predicted octanol–water partition coefficient (Wildman–Crippen LogP) is 2.01. The first-order chi connectivity index (χ1) is 5.92. The fraction of sp³-hybridized carbons (Fsp3) is 0.778. The molecule has 0 bridgehead atoms. The van der Waals surface area contributed by atoms with Gasteiger partial charge in [-0.25, -0.2) is 0 Å². The highest BCUT2D eigenvalue weighted by molar-refractivity contribution is 6.55. The standard InChI is InChI=1S/C9H15Cl2NO/c1-9(2)6-12(5-7(9)13)4-3-8(10)11/h3,7,13H,4-6H2,1-2H3. The van der Waals surface area contributed by atoms with E-state index in [0.29, 0.717) is 17.6 Å². The summed E-state index contributed by atoms with van der Waals surface area (Å²) in [7, 11) is 0. The zero-order valence-electron chi connectivity index (χ0n) is 7.93. The monoisotopic (exact) mass is 223 g/mol. The number of aliphatic hydroxyl groups is 1. The zero-order chi connectivity index (χ0) is 10.1. The van der Waals surface area contributed by atoms with E-state index in [1.54, 1.807) is 6.08 Å². The van der Waals surface area contributed by atoms with E-state index in [2.05, 4.69) is 18.7 Å². The van der Waals surface area contributed by atoms with E-state index in [1.807, 2.05) is 0 Å². The minimum Gasteiger partial charge on any atom is -0.391 e. The molecule has 4 heteroatoms. The Hall–Kier alpha value is 0.240. The number of hydrogen-bond acceptors (Lipinski definition) is 2. The maximum absolute atomic E-state index is 9.66. The maximum atomic E-state index is 9.66. The summed E-state index contributed by atoms with van der Waals surface area (Å²) in [5.41, 5.74) is -0.0212. The van der Waals surface area contributed by atoms with E-state index < -0.39 is 0 Å². The molecule has 1 fully saturated rings. The van der Waals surface area contributed by atoms with Gasteiger partial charge in [-0.2, -0.15) is 0 Å². The molecule has 0 aliphatic carbocycles. The van der Waals surface area contributed by atoms with Gasteiger partial charge in [0.25, 0.3) is 0 Å². The molecule has 0 saturated carbocycles. The van der Waals surface area contributed by atoms with Crippen molar-refractivity contribution in [2.24, 2.45) is 5.41 Å². The lowest BCUT2D eigenvalue weighted by molar-refractivity contribution is 0.0956. The number of nitrogens with zero attached hydrogens (tertiary/aromatic N) is 1. The summed E-state index contributed by atoms with van der Waals surface area (Å²) in [5, 5.41) is 9.66. The van der Waals surface area contributed by atoms with Gasteiger partial charge in [-0.05, 0) is 6.08 Å². The summed E-state index contributed by atoms with van der Waals surface area (Å²) in [6.45, 7) is 6.41. The molecule has 1 saturated heterocycles. The van der Waals surface area contributed by atoms with Crippen LogP contribution in [0.15, 0.2) is 10.6 Å². The molecule has 1 aliphatic heterocycles. The van der Waals surface area contributed by atoms with E-state index in [-0.39, 0.29) is 11.5 Å². The maximum Gasteiger partial charge on any atom is 0.104 e. The Morgan fingerprint density at radius 1 is 1.62 bits per heavy atom. The SMILES string of the molecule is CC1(C)CN(CC=C(Cl)Cl)CC1O. The van der Waals surface area contributed by atoms with Crippen LogP contribution in [0.4, 0.5) is 0 Å². The van der Waals surface area contributed by atoms with Gasteiger partial charge in [0.2, 0.25) is 0 Å². The third-order valence-corrected chi connectivity index (χ3v) is 2.78. The molecule has 1 atom stereocenters. The van der Waals surface area contributed by atoms with Crippen LogP contribution in [0.1, 0.15) is 13.8 Å². The highest BCUT2D eigenvalue weighted by Gasteiger charge is 2.37. The lowest BCUT2D eigenvalue weighted by atomic mass is 9.90. The van der Waals surface area contributed by atoms with Gasteiger partial charge in [-0.15, -0.1) is 0 Å². The van der Waals surface area contributed by atoms with Crippen LogP contribution >= 0.6 is 23.2 Å². The van der Waals surface area contributed by atoms with Crippen LogP contribution in [-0.2, 0) is 0 Å². The summed E-state index contributed by atoms with van der Waals surface area (Å²) in [5.74, 6) is 0. The van der Waals surface area contributed by atoms with Gasteiger partial charge >= 0.3 is 0 Å². The van der Waals surface area contributed by atoms with Crippen molar-refractivity contribution in [1.82, 2.24) is 4.90 Å². The number of halogens is 2. The molecule has 13 heavy (non-hydrogen) atoms. The lowest BCUT2D eigenvalue weighted by Gasteiger charge is -2.20. The molecule has 0 spiro atoms. The molecular formula is C9H15Cl2NO. The zero-order valence-corrected chi connectivity index (χ0v) is 9.44. The third kappa shape index (κ3) is 3.13. The van der Waals surface area contributed by atoms with Crippen LogP contribution in [0.25, 0.3) is 0 Å². The molecule has 0 amide bonds. The van der Waals surface area contributed by atoms with Crippen LogP contribution in [-0.4, -0.2) is 35.7 Å². The first-order valence-corrected chi connectivity index (χ1v) is 5.09. The number of β-amino-alcohol motifs (C(OH)–C–C–N with tert-alkyl or cyclic N) is 1. The molecule has 76 valence electrons. The highest BCUT2D eigenvalue weighted by Crippen LogP contribution is 2.29. The minimum atomic E-state index is -0.255. The van der Waals surface area contributed by atoms with Gasteiger partial charge in [0.1, 0.15) is 4.49 Å². The fourth-order valence-corrected chi connectivity index (χ4v) is 1.71. The van der Waals surface area contributed by atoms with Gasteiger partial charge < -0.3 is 5.11 Å². The lowest BCUT2D eigenvalue weighted by Crippen LogP contribution is -2.26. The van der Waals surface area contributed by atoms with Crippen LogP contribution < -0.4 is 0 Å². The molecule has 0 aromatic rings. The van der Waals surface area contributed by atoms with E-state index in [9.17, 15) is 5.11 Å². The average molecular weight is 224 g/mol. The number of hydrogen-bond donors (Lipinski definition) is 1. The Kier molecular flexibility index (Phi) is 3.64. The van der Waals surface area contributed by atoms with E-state index in [0.717, 1.165) is 6.54 Å². The molecule has 0 aromatic carbocycles. The molecule has 1 heterocycles. The first kappa shape index (κ1) is 11.3. The normalized spacial score (nSPS) is 27.6. The van der Waals surface area contributed by atoms with Gasteiger partial charge in [-0.1, -0.05) is 37.0 Å². The second-order valence-corrected chi connectivity index (χ2v) is 5.20. The second-order valence-electron chi connectivity index (χ2n) is 4.19. The molecule has 1 unspecified atom stereocenters. The molecule has 1 N–H and O–H groups in total. The summed E-state index contributed by atoms with van der Waals surface area (Å²) in [6.07, 6.45) is 1.49. The average Bonchev–Trinajstić information content (AvgIpc) is 2.22. The van der Waals surface area contributed by atoms with E-state index in [1.165, 1.54) is 0 Å². The van der Waals surface area contributed by atoms with Gasteiger partial charge in [0.15, 0.2) is 0 Å². The van der Waals surface area contributed by atoms with Crippen molar-refractivity contribution >= 4 is 23.2 Å². The van der Waals surface area contributed by atoms with Crippen molar-refractivity contribution in [2.75, 3.05) is 19.6 Å². The Morgan fingerprint density at radius 3 is 2.62 bits per heavy atom. The highest BCUT2D eigenvalue weighted by atomic mass is 35.5. The predicted molar refractivity (Wildman–Crippen MR) is 56.0 cm³/mol. The smallest absolute Gasteiger partial charge is 0.104 e. The van der Waals surface area contributed by atoms with E-state index in [4.69, 9.17) is 23.2 Å². The fourth-order valence-electron chi connectivity index (χ4n) is 1.58. The summed E-state index contributed by atoms with van der Waals surface area (Å²) in [4.78, 5) is 2.13. The molecule has 2 nitrogen and oxygen atoms in total. The second kappa shape index (κ2) is 4.18. The Balaban J connectivity index is 2.45. The van der Waals surface area contributed by atoms with Crippen LogP contribution in [0.5, 0.6) is 0 Å². The number of likely N-dealkylation sites (tertiary alicyclic amines) is 1. The first-order valence-electron chi connectivity index (χ1n) is 4.33. The molecule has 1 rings (SSSR count). The van der Waals surface area contributed by atoms with Crippen molar-refractivity contribution in [3.63, 3.8) is 0 Å². The summed E-state index contributed by atoms with van der Waals surface area (Å²) in [6, 6.07) is 0. The molecule has 0 aromatic heterocycles. The molecule has 0 radical (unpaired) electrons. The van der Waals surface area contributed by atoms with Crippen molar-refractivity contribution in [3.05, 3.63) is 10.6 Å². The van der Waals surface area contributed by atoms with E-state index >= 15 is 0 Å². The van der Waals surface area contributed by atoms with Crippen molar-refractivity contribution in [1.29, 1.82) is 0 Å². The van der Waals surface area contributed by atoms with Crippen LogP contribution in [0.3, 0.4) is 0 Å². The third-order valence-electron chi connectivity index (χ3n) is 2.47. The van der Waals surface area contributed by atoms with Crippen molar-refractivity contribution < 1.29 is 5.11 Å². The number of rotatable bonds is 2. The van der Waals surface area contributed by atoms with Crippen LogP contribution in [0, 0.1) is 5.41 Å². The number of aliphatic hydroxyl groups excluding tert-OH is 1. The topological polar surface area (TPSA) is 23.5 Å². The van der Waals surface area contributed by atoms with Crippen molar-refractivity contribution in [2.45, 2.75) is 20.0 Å². The van der Waals surface area contributed by atoms with Crippen LogP contribution in [0.2, 0.25) is 0 Å². The Morgan fingerprint density at radius 2 is 2.23 bits per heavy atom. The Bertz CT molecular complexity index is 212. The summed E-state index contributed by atoms with van der Waals surface area (Å²) >= 11 is 11.0. The quantitative estimate of drug-likeness (QED) is 0.775. The van der Waals surface area contributed by atoms with Crippen molar-refractivity contribution in [3.8, 4) is 0 Å². The molecule has 1 aliphatic rings. The van der Waals surface area contributed by atoms with Gasteiger partial charge in [-0.3, -0.25) is 4.90 Å². The largest absolute Gasteiger partial charge is 0.391 e. The summed E-state index contributed by atoms with van der Waals surface area (Å²) < 4.78 is 0.291. The van der Waals surface area contributed by atoms with Gasteiger partial charge in [0.05, 0.1) is 6.10 Å². The van der Waals surface area contributed by atoms with Gasteiger partial charge in [0, 0.05) is 25.0 Å². The Labute approximate surface area is 89.1 Å².